The van der Waals surface area contributed by atoms with Crippen LogP contribution in [0.2, 0.25) is 0 Å². The topological polar surface area (TPSA) is 48.0 Å². The summed E-state index contributed by atoms with van der Waals surface area (Å²) in [5.74, 6) is 0.870. The van der Waals surface area contributed by atoms with E-state index in [1.54, 1.807) is 16.8 Å². The van der Waals surface area contributed by atoms with Crippen molar-refractivity contribution in [1.82, 2.24) is 9.78 Å². The molecule has 4 nitrogen and oxygen atoms in total. The first-order valence-corrected chi connectivity index (χ1v) is 4.29. The molecule has 0 N–H and O–H groups in total. The molecule has 2 rings (SSSR count). The molecule has 0 atom stereocenters. The molecule has 0 aromatic carbocycles. The molecule has 4 heteroatoms. The summed E-state index contributed by atoms with van der Waals surface area (Å²) in [4.78, 5) is 10.4. The Morgan fingerprint density at radius 3 is 2.71 bits per heavy atom. The normalized spacial score (nSPS) is 10.4. The highest BCUT2D eigenvalue weighted by Gasteiger charge is 2.06. The third kappa shape index (κ3) is 1.35. The number of rotatable bonds is 2. The highest BCUT2D eigenvalue weighted by atomic mass is 16.4. The fourth-order valence-electron chi connectivity index (χ4n) is 1.19. The summed E-state index contributed by atoms with van der Waals surface area (Å²) in [6, 6.07) is 3.34. The van der Waals surface area contributed by atoms with Crippen LogP contribution in [0.5, 0.6) is 0 Å². The fourth-order valence-corrected chi connectivity index (χ4v) is 1.19. The van der Waals surface area contributed by atoms with E-state index in [1.165, 1.54) is 0 Å². The minimum Gasteiger partial charge on any atom is -0.436 e. The maximum atomic E-state index is 10.4. The van der Waals surface area contributed by atoms with E-state index in [0.717, 1.165) is 11.3 Å². The number of aryl methyl sites for hydroxylation is 2. The number of carbonyl (C=O) groups is 1. The van der Waals surface area contributed by atoms with Crippen LogP contribution in [0, 0.1) is 13.8 Å². The van der Waals surface area contributed by atoms with E-state index < -0.39 is 0 Å². The summed E-state index contributed by atoms with van der Waals surface area (Å²) in [5.41, 5.74) is 2.04. The largest absolute Gasteiger partial charge is 0.436 e. The lowest BCUT2D eigenvalue weighted by molar-refractivity contribution is 0.110. The number of hydrogen-bond donors (Lipinski definition) is 0. The monoisotopic (exact) mass is 190 g/mol. The molecule has 0 amide bonds. The Balaban J connectivity index is 2.43. The van der Waals surface area contributed by atoms with Gasteiger partial charge in [0.2, 0.25) is 5.88 Å². The summed E-state index contributed by atoms with van der Waals surface area (Å²) in [7, 11) is 0. The number of aldehydes is 1. The van der Waals surface area contributed by atoms with Gasteiger partial charge in [-0.1, -0.05) is 0 Å². The lowest BCUT2D eigenvalue weighted by atomic mass is 10.3. The van der Waals surface area contributed by atoms with Gasteiger partial charge in [-0.15, -0.1) is 0 Å². The molecule has 2 aromatic rings. The third-order valence-corrected chi connectivity index (χ3v) is 2.10. The fraction of sp³-hybridized carbons (Fsp3) is 0.200. The van der Waals surface area contributed by atoms with Crippen molar-refractivity contribution in [3.05, 3.63) is 35.3 Å². The first-order chi connectivity index (χ1) is 6.70. The molecule has 14 heavy (non-hydrogen) atoms. The average Bonchev–Trinajstić information content (AvgIpc) is 2.74. The highest BCUT2D eigenvalue weighted by molar-refractivity contribution is 5.70. The number of aromatic nitrogens is 2. The maximum absolute atomic E-state index is 10.4. The van der Waals surface area contributed by atoms with Gasteiger partial charge in [-0.2, -0.15) is 5.10 Å². The minimum absolute atomic E-state index is 0.311. The van der Waals surface area contributed by atoms with Gasteiger partial charge < -0.3 is 4.42 Å². The second-order valence-corrected chi connectivity index (χ2v) is 3.14. The number of hydrogen-bond acceptors (Lipinski definition) is 3. The molecule has 72 valence electrons. The van der Waals surface area contributed by atoms with Crippen LogP contribution in [0.25, 0.3) is 5.88 Å². The highest BCUT2D eigenvalue weighted by Crippen LogP contribution is 2.13. The molecule has 2 heterocycles. The number of nitrogens with zero attached hydrogens (tertiary/aromatic N) is 2. The van der Waals surface area contributed by atoms with Crippen LogP contribution >= 0.6 is 0 Å². The van der Waals surface area contributed by atoms with Crippen LogP contribution in [-0.4, -0.2) is 16.1 Å². The Kier molecular flexibility index (Phi) is 1.96. The van der Waals surface area contributed by atoms with Crippen LogP contribution in [0.3, 0.4) is 0 Å². The molecule has 0 fully saturated rings. The van der Waals surface area contributed by atoms with Crippen molar-refractivity contribution in [2.45, 2.75) is 13.8 Å². The Bertz CT molecular complexity index is 449. The minimum atomic E-state index is 0.311. The van der Waals surface area contributed by atoms with E-state index in [2.05, 4.69) is 5.10 Å². The first-order valence-electron chi connectivity index (χ1n) is 4.29. The lowest BCUT2D eigenvalue weighted by Gasteiger charge is -1.92. The van der Waals surface area contributed by atoms with E-state index in [4.69, 9.17) is 4.42 Å². The lowest BCUT2D eigenvalue weighted by Crippen LogP contribution is -1.91. The van der Waals surface area contributed by atoms with E-state index in [0.29, 0.717) is 17.9 Å². The van der Waals surface area contributed by atoms with Crippen molar-refractivity contribution >= 4 is 6.29 Å². The van der Waals surface area contributed by atoms with E-state index >= 15 is 0 Å². The Morgan fingerprint density at radius 2 is 2.21 bits per heavy atom. The first kappa shape index (κ1) is 8.74. The van der Waals surface area contributed by atoms with Gasteiger partial charge in [0.05, 0.1) is 5.69 Å². The van der Waals surface area contributed by atoms with Gasteiger partial charge in [-0.25, -0.2) is 4.68 Å². The zero-order chi connectivity index (χ0) is 10.1. The summed E-state index contributed by atoms with van der Waals surface area (Å²) in [6.45, 7) is 3.90. The molecular weight excluding hydrogens is 180 g/mol. The van der Waals surface area contributed by atoms with Gasteiger partial charge in [0, 0.05) is 12.3 Å². The second-order valence-electron chi connectivity index (χ2n) is 3.14. The Hall–Kier alpha value is -1.84. The molecule has 0 saturated carbocycles. The summed E-state index contributed by atoms with van der Waals surface area (Å²) >= 11 is 0. The van der Waals surface area contributed by atoms with Crippen molar-refractivity contribution < 1.29 is 9.21 Å². The molecule has 0 radical (unpaired) electrons. The van der Waals surface area contributed by atoms with Gasteiger partial charge in [-0.3, -0.25) is 4.79 Å². The van der Waals surface area contributed by atoms with Crippen LogP contribution < -0.4 is 0 Å². The van der Waals surface area contributed by atoms with Gasteiger partial charge >= 0.3 is 0 Å². The average molecular weight is 190 g/mol. The molecular formula is C10H10N2O2. The van der Waals surface area contributed by atoms with Gasteiger partial charge in [0.1, 0.15) is 0 Å². The quantitative estimate of drug-likeness (QED) is 0.679. The number of furan rings is 1. The molecule has 0 aliphatic rings. The van der Waals surface area contributed by atoms with Crippen molar-refractivity contribution in [2.75, 3.05) is 0 Å². The summed E-state index contributed by atoms with van der Waals surface area (Å²) in [6.07, 6.45) is 2.54. The second kappa shape index (κ2) is 3.14. The molecule has 0 aliphatic carbocycles. The van der Waals surface area contributed by atoms with Crippen LogP contribution in [0.15, 0.2) is 22.7 Å². The summed E-state index contributed by atoms with van der Waals surface area (Å²) < 4.78 is 6.84. The zero-order valence-electron chi connectivity index (χ0n) is 8.02. The smallest absolute Gasteiger partial charge is 0.220 e. The van der Waals surface area contributed by atoms with Gasteiger partial charge in [-0.05, 0) is 25.5 Å². The van der Waals surface area contributed by atoms with Crippen LogP contribution in [0.4, 0.5) is 0 Å². The van der Waals surface area contributed by atoms with Crippen LogP contribution in [0.1, 0.15) is 21.8 Å². The zero-order valence-corrected chi connectivity index (χ0v) is 8.02. The molecule has 2 aromatic heterocycles. The van der Waals surface area contributed by atoms with Crippen molar-refractivity contribution in [1.29, 1.82) is 0 Å². The Labute approximate surface area is 81.1 Å². The molecule has 0 saturated heterocycles. The molecule has 0 aliphatic heterocycles. The van der Waals surface area contributed by atoms with E-state index in [1.807, 2.05) is 20.0 Å². The SMILES string of the molecule is Cc1cn(-c2ccc(C=O)o2)nc1C. The van der Waals surface area contributed by atoms with Crippen molar-refractivity contribution in [2.24, 2.45) is 0 Å². The number of carbonyl (C=O) groups excluding carboxylic acids is 1. The Morgan fingerprint density at radius 1 is 1.43 bits per heavy atom. The van der Waals surface area contributed by atoms with E-state index in [9.17, 15) is 4.79 Å². The van der Waals surface area contributed by atoms with Gasteiger partial charge in [0.25, 0.3) is 0 Å². The van der Waals surface area contributed by atoms with Crippen molar-refractivity contribution in [3.63, 3.8) is 0 Å². The predicted molar refractivity (Wildman–Crippen MR) is 50.7 cm³/mol. The molecule has 0 spiro atoms. The third-order valence-electron chi connectivity index (χ3n) is 2.10. The van der Waals surface area contributed by atoms with Crippen LogP contribution in [-0.2, 0) is 0 Å². The standard InChI is InChI=1S/C10H10N2O2/c1-7-5-12(11-8(7)2)10-4-3-9(6-13)14-10/h3-6H,1-2H3. The molecule has 0 bridgehead atoms. The maximum Gasteiger partial charge on any atom is 0.220 e. The summed E-state index contributed by atoms with van der Waals surface area (Å²) in [5, 5.41) is 4.24. The van der Waals surface area contributed by atoms with Gasteiger partial charge in [0.15, 0.2) is 12.0 Å². The van der Waals surface area contributed by atoms with Crippen molar-refractivity contribution in [3.8, 4) is 5.88 Å². The predicted octanol–water partition coefficient (Wildman–Crippen LogP) is 1.89. The molecule has 0 unspecified atom stereocenters. The van der Waals surface area contributed by atoms with E-state index in [-0.39, 0.29) is 0 Å².